The van der Waals surface area contributed by atoms with Crippen LogP contribution >= 0.6 is 0 Å². The zero-order chi connectivity index (χ0) is 31.0. The number of nitrogens with zero attached hydrogens (tertiary/aromatic N) is 4. The van der Waals surface area contributed by atoms with Crippen LogP contribution in [-0.2, 0) is 20.9 Å². The molecular formula is C24H26F6N4O7. The van der Waals surface area contributed by atoms with Gasteiger partial charge in [-0.25, -0.2) is 14.6 Å². The number of fused-ring (bicyclic) bond motifs is 1. The molecule has 4 heterocycles. The molecule has 3 atom stereocenters. The highest BCUT2D eigenvalue weighted by molar-refractivity contribution is 5.73. The number of nitriles is 1. The zero-order valence-electron chi connectivity index (χ0n) is 21.7. The molecule has 2 aliphatic rings. The van der Waals surface area contributed by atoms with Crippen LogP contribution in [0, 0.1) is 37.0 Å². The van der Waals surface area contributed by atoms with Crippen LogP contribution in [0.3, 0.4) is 0 Å². The second-order valence-electron chi connectivity index (χ2n) is 9.03. The number of carboxylic acid groups (broad SMARTS) is 2. The molecule has 4 rings (SSSR count). The van der Waals surface area contributed by atoms with Crippen LogP contribution in [-0.4, -0.2) is 82.0 Å². The first-order valence-electron chi connectivity index (χ1n) is 11.9. The minimum Gasteiger partial charge on any atom is -0.478 e. The molecule has 0 unspecified atom stereocenters. The van der Waals surface area contributed by atoms with Crippen LogP contribution in [0.4, 0.5) is 26.3 Å². The molecule has 0 aromatic carbocycles. The smallest absolute Gasteiger partial charge is 0.478 e. The summed E-state index contributed by atoms with van der Waals surface area (Å²) in [5, 5.41) is 27.1. The largest absolute Gasteiger partial charge is 0.490 e. The summed E-state index contributed by atoms with van der Waals surface area (Å²) in [6.45, 7) is 8.25. The van der Waals surface area contributed by atoms with Crippen LogP contribution in [0.1, 0.15) is 29.0 Å². The molecule has 2 saturated heterocycles. The number of hydrogen-bond acceptors (Lipinski definition) is 9. The number of carbonyl (C=O) groups is 2. The van der Waals surface area contributed by atoms with Gasteiger partial charge in [0.15, 0.2) is 0 Å². The van der Waals surface area contributed by atoms with Gasteiger partial charge in [0, 0.05) is 43.4 Å². The van der Waals surface area contributed by atoms with E-state index in [0.717, 1.165) is 44.1 Å². The highest BCUT2D eigenvalue weighted by atomic mass is 19.4. The Balaban J connectivity index is 0.000000349. The molecule has 0 saturated carbocycles. The van der Waals surface area contributed by atoms with E-state index in [2.05, 4.69) is 21.1 Å². The number of aliphatic carboxylic acids is 2. The van der Waals surface area contributed by atoms with E-state index < -0.39 is 24.3 Å². The zero-order valence-corrected chi connectivity index (χ0v) is 21.7. The number of aryl methyl sites for hydroxylation is 2. The Morgan fingerprint density at radius 3 is 2.20 bits per heavy atom. The van der Waals surface area contributed by atoms with Crippen molar-refractivity contribution in [3.05, 3.63) is 40.9 Å². The summed E-state index contributed by atoms with van der Waals surface area (Å²) in [6.07, 6.45) is -7.38. The Morgan fingerprint density at radius 1 is 1.12 bits per heavy atom. The van der Waals surface area contributed by atoms with Crippen molar-refractivity contribution in [2.75, 3.05) is 26.3 Å². The first-order valence-corrected chi connectivity index (χ1v) is 11.9. The minimum absolute atomic E-state index is 0.309. The summed E-state index contributed by atoms with van der Waals surface area (Å²) in [6, 6.07) is 5.52. The van der Waals surface area contributed by atoms with Crippen molar-refractivity contribution in [1.82, 2.24) is 15.0 Å². The number of pyridine rings is 1. The molecule has 226 valence electrons. The Kier molecular flexibility index (Phi) is 11.5. The lowest BCUT2D eigenvalue weighted by Crippen LogP contribution is -2.25. The lowest BCUT2D eigenvalue weighted by atomic mass is 9.91. The number of hydrogen-bond donors (Lipinski definition) is 2. The fourth-order valence-corrected chi connectivity index (χ4v) is 4.10. The molecule has 0 aliphatic carbocycles. The summed E-state index contributed by atoms with van der Waals surface area (Å²) in [7, 11) is 0. The van der Waals surface area contributed by atoms with Crippen molar-refractivity contribution in [3.63, 3.8) is 0 Å². The SMILES string of the molecule is Cc1noc(C)c1CN1C[C@H]2[C@@H](CCOc3ccc(C#N)cn3)CO[C@H]2C1.O=C(O)C(F)(F)F.O=C(O)C(F)(F)F. The molecule has 0 spiro atoms. The van der Waals surface area contributed by atoms with E-state index in [1.807, 2.05) is 13.8 Å². The predicted octanol–water partition coefficient (Wildman–Crippen LogP) is 3.74. The van der Waals surface area contributed by atoms with Crippen LogP contribution in [0.5, 0.6) is 5.88 Å². The number of ether oxygens (including phenoxy) is 2. The van der Waals surface area contributed by atoms with Crippen LogP contribution in [0.25, 0.3) is 0 Å². The maximum absolute atomic E-state index is 10.6. The molecule has 0 radical (unpaired) electrons. The van der Waals surface area contributed by atoms with Gasteiger partial charge < -0.3 is 24.2 Å². The van der Waals surface area contributed by atoms with Gasteiger partial charge >= 0.3 is 24.3 Å². The number of aromatic nitrogens is 2. The third-order valence-corrected chi connectivity index (χ3v) is 6.17. The van der Waals surface area contributed by atoms with Crippen molar-refractivity contribution < 1.29 is 60.1 Å². The molecule has 2 N–H and O–H groups in total. The van der Waals surface area contributed by atoms with E-state index >= 15 is 0 Å². The summed E-state index contributed by atoms with van der Waals surface area (Å²) in [5.74, 6) is -2.99. The van der Waals surface area contributed by atoms with Gasteiger partial charge in [-0.1, -0.05) is 5.16 Å². The van der Waals surface area contributed by atoms with E-state index in [4.69, 9.17) is 39.1 Å². The van der Waals surface area contributed by atoms with Crippen molar-refractivity contribution in [2.24, 2.45) is 11.8 Å². The van der Waals surface area contributed by atoms with Crippen molar-refractivity contribution in [1.29, 1.82) is 5.26 Å². The molecule has 2 aliphatic heterocycles. The molecule has 11 nitrogen and oxygen atoms in total. The van der Waals surface area contributed by atoms with Gasteiger partial charge in [0.2, 0.25) is 5.88 Å². The van der Waals surface area contributed by atoms with E-state index in [-0.39, 0.29) is 0 Å². The molecule has 41 heavy (non-hydrogen) atoms. The fourth-order valence-electron chi connectivity index (χ4n) is 4.10. The van der Waals surface area contributed by atoms with Gasteiger partial charge in [-0.15, -0.1) is 0 Å². The molecule has 0 bridgehead atoms. The van der Waals surface area contributed by atoms with Crippen LogP contribution in [0.2, 0.25) is 0 Å². The Hall–Kier alpha value is -3.91. The highest BCUT2D eigenvalue weighted by Gasteiger charge is 2.43. The third-order valence-electron chi connectivity index (χ3n) is 6.17. The van der Waals surface area contributed by atoms with Gasteiger partial charge in [-0.3, -0.25) is 4.90 Å². The molecule has 17 heteroatoms. The normalized spacial score (nSPS) is 20.1. The maximum Gasteiger partial charge on any atom is 0.490 e. The molecule has 2 fully saturated rings. The number of halogens is 6. The van der Waals surface area contributed by atoms with Gasteiger partial charge in [0.05, 0.1) is 30.6 Å². The average molecular weight is 596 g/mol. The third kappa shape index (κ3) is 10.2. The standard InChI is InChI=1S/C20H24N4O3.2C2HF3O2/c1-13-17(14(2)27-23-13)9-24-10-18-16(12-26-19(18)11-24)5-6-25-20-4-3-15(7-21)8-22-20;2*3-2(4,5)1(6)7/h3-4,8,16,18-19H,5-6,9-12H2,1-2H3;2*(H,6,7)/t16-,18-,19-;;/m0../s1. The predicted molar refractivity (Wildman–Crippen MR) is 124 cm³/mol. The first kappa shape index (κ1) is 33.3. The average Bonchev–Trinajstić information content (AvgIpc) is 3.55. The number of alkyl halides is 6. The number of rotatable bonds is 6. The molecule has 2 aromatic heterocycles. The second-order valence-corrected chi connectivity index (χ2v) is 9.03. The fraction of sp³-hybridized carbons (Fsp3) is 0.542. The monoisotopic (exact) mass is 596 g/mol. The molecule has 2 aromatic rings. The highest BCUT2D eigenvalue weighted by Crippen LogP contribution is 2.36. The quantitative estimate of drug-likeness (QED) is 0.468. The van der Waals surface area contributed by atoms with Gasteiger partial charge in [-0.05, 0) is 32.3 Å². The maximum atomic E-state index is 10.6. The second kappa shape index (κ2) is 14.1. The van der Waals surface area contributed by atoms with E-state index in [1.165, 1.54) is 11.8 Å². The van der Waals surface area contributed by atoms with Crippen molar-refractivity contribution in [3.8, 4) is 11.9 Å². The minimum atomic E-state index is -5.08. The van der Waals surface area contributed by atoms with Gasteiger partial charge in [-0.2, -0.15) is 31.6 Å². The summed E-state index contributed by atoms with van der Waals surface area (Å²) in [5.41, 5.74) is 2.71. The summed E-state index contributed by atoms with van der Waals surface area (Å²) in [4.78, 5) is 24.4. The summed E-state index contributed by atoms with van der Waals surface area (Å²) >= 11 is 0. The van der Waals surface area contributed by atoms with Gasteiger partial charge in [0.1, 0.15) is 11.8 Å². The Bertz CT molecular complexity index is 1170. The molecular weight excluding hydrogens is 570 g/mol. The number of carboxylic acids is 2. The summed E-state index contributed by atoms with van der Waals surface area (Å²) < 4.78 is 80.5. The van der Waals surface area contributed by atoms with Crippen molar-refractivity contribution in [2.45, 2.75) is 45.3 Å². The van der Waals surface area contributed by atoms with E-state index in [1.54, 1.807) is 12.1 Å². The Morgan fingerprint density at radius 2 is 1.73 bits per heavy atom. The van der Waals surface area contributed by atoms with Crippen LogP contribution < -0.4 is 4.74 Å². The Labute approximate surface area is 229 Å². The lowest BCUT2D eigenvalue weighted by Gasteiger charge is -2.19. The topological polar surface area (TPSA) is 159 Å². The van der Waals surface area contributed by atoms with E-state index in [9.17, 15) is 26.3 Å². The van der Waals surface area contributed by atoms with Gasteiger partial charge in [0.25, 0.3) is 0 Å². The molecule has 0 amide bonds. The van der Waals surface area contributed by atoms with Crippen LogP contribution in [0.15, 0.2) is 22.9 Å². The van der Waals surface area contributed by atoms with E-state index in [0.29, 0.717) is 36.0 Å². The lowest BCUT2D eigenvalue weighted by molar-refractivity contribution is -0.193. The first-order chi connectivity index (χ1) is 19.0. The van der Waals surface area contributed by atoms with Crippen molar-refractivity contribution >= 4 is 11.9 Å². The number of likely N-dealkylation sites (tertiary alicyclic amines) is 1.